The summed E-state index contributed by atoms with van der Waals surface area (Å²) < 4.78 is 8.82. The number of fused-ring (bicyclic) bond motifs is 7. The molecule has 0 bridgehead atoms. The van der Waals surface area contributed by atoms with E-state index in [1.807, 2.05) is 23.5 Å². The number of furan rings is 1. The third-order valence-corrected chi connectivity index (χ3v) is 12.1. The van der Waals surface area contributed by atoms with Gasteiger partial charge in [0.25, 0.3) is 0 Å². The predicted octanol–water partition coefficient (Wildman–Crippen LogP) is 15.6. The van der Waals surface area contributed by atoms with Gasteiger partial charge in [-0.3, -0.25) is 0 Å². The summed E-state index contributed by atoms with van der Waals surface area (Å²) in [7, 11) is 0. The van der Waals surface area contributed by atoms with Crippen LogP contribution in [0.5, 0.6) is 0 Å². The Bertz CT molecular complexity index is 3190. The molecule has 0 radical (unpaired) electrons. The Labute approximate surface area is 322 Å². The van der Waals surface area contributed by atoms with Crippen LogP contribution in [0.1, 0.15) is 0 Å². The van der Waals surface area contributed by atoms with E-state index in [-0.39, 0.29) is 0 Å². The summed E-state index contributed by atoms with van der Waals surface area (Å²) in [5, 5.41) is 7.33. The highest BCUT2D eigenvalue weighted by atomic mass is 32.1. The fourth-order valence-electron chi connectivity index (χ4n) is 8.33. The topological polar surface area (TPSA) is 16.4 Å². The van der Waals surface area contributed by atoms with E-state index in [1.165, 1.54) is 58.9 Å². The molecule has 0 aliphatic rings. The molecule has 55 heavy (non-hydrogen) atoms. The van der Waals surface area contributed by atoms with Crippen molar-refractivity contribution in [2.45, 2.75) is 0 Å². The monoisotopic (exact) mass is 719 g/mol. The Hall–Kier alpha value is -6.94. The van der Waals surface area contributed by atoms with Crippen molar-refractivity contribution in [3.05, 3.63) is 200 Å². The number of hydrogen-bond acceptors (Lipinski definition) is 3. The lowest BCUT2D eigenvalue weighted by atomic mass is 9.96. The molecular weight excluding hydrogens is 687 g/mol. The maximum Gasteiger partial charge on any atom is 0.136 e. The Morgan fingerprint density at radius 2 is 0.945 bits per heavy atom. The van der Waals surface area contributed by atoms with Gasteiger partial charge in [-0.1, -0.05) is 158 Å². The maximum atomic E-state index is 6.27. The second-order valence-electron chi connectivity index (χ2n) is 14.0. The zero-order valence-corrected chi connectivity index (χ0v) is 30.6. The molecule has 0 spiro atoms. The van der Waals surface area contributed by atoms with Gasteiger partial charge in [-0.05, 0) is 81.1 Å². The molecule has 2 aromatic heterocycles. The molecule has 0 saturated carbocycles. The second-order valence-corrected chi connectivity index (χ2v) is 15.1. The average molecular weight is 720 g/mol. The number of thiophene rings is 1. The van der Waals surface area contributed by atoms with Crippen molar-refractivity contribution < 1.29 is 4.42 Å². The van der Waals surface area contributed by atoms with E-state index >= 15 is 0 Å². The third-order valence-electron chi connectivity index (χ3n) is 10.9. The van der Waals surface area contributed by atoms with Crippen LogP contribution in [0.3, 0.4) is 0 Å². The highest BCUT2D eigenvalue weighted by Gasteiger charge is 2.23. The number of nitrogens with zero attached hydrogens (tertiary/aromatic N) is 1. The summed E-state index contributed by atoms with van der Waals surface area (Å²) in [5.74, 6) is 0. The Morgan fingerprint density at radius 3 is 1.75 bits per heavy atom. The lowest BCUT2D eigenvalue weighted by Crippen LogP contribution is -2.11. The normalized spacial score (nSPS) is 11.6. The fraction of sp³-hybridized carbons (Fsp3) is 0. The Balaban J connectivity index is 1.13. The van der Waals surface area contributed by atoms with E-state index in [1.54, 1.807) is 0 Å². The first-order valence-corrected chi connectivity index (χ1v) is 19.5. The van der Waals surface area contributed by atoms with Crippen LogP contribution in [0, 0.1) is 0 Å². The number of rotatable bonds is 6. The van der Waals surface area contributed by atoms with Crippen molar-refractivity contribution in [2.24, 2.45) is 0 Å². The van der Waals surface area contributed by atoms with E-state index in [0.717, 1.165) is 44.4 Å². The minimum absolute atomic E-state index is 0.902. The molecule has 0 unspecified atom stereocenters. The van der Waals surface area contributed by atoms with Crippen molar-refractivity contribution in [3.63, 3.8) is 0 Å². The number of anilines is 3. The van der Waals surface area contributed by atoms with Crippen molar-refractivity contribution >= 4 is 81.3 Å². The molecule has 2 heterocycles. The molecule has 9 aromatic carbocycles. The van der Waals surface area contributed by atoms with Crippen LogP contribution in [0.4, 0.5) is 17.1 Å². The lowest BCUT2D eigenvalue weighted by Gasteiger charge is -2.29. The molecule has 0 amide bonds. The van der Waals surface area contributed by atoms with Gasteiger partial charge in [-0.25, -0.2) is 0 Å². The van der Waals surface area contributed by atoms with Crippen LogP contribution in [0.2, 0.25) is 0 Å². The van der Waals surface area contributed by atoms with Gasteiger partial charge in [0, 0.05) is 43.2 Å². The van der Waals surface area contributed by atoms with Crippen LogP contribution < -0.4 is 4.90 Å². The summed E-state index contributed by atoms with van der Waals surface area (Å²) in [5.41, 5.74) is 12.3. The molecule has 3 heteroatoms. The third kappa shape index (κ3) is 5.24. The van der Waals surface area contributed by atoms with Gasteiger partial charge in [0.15, 0.2) is 0 Å². The van der Waals surface area contributed by atoms with E-state index in [4.69, 9.17) is 4.42 Å². The highest BCUT2D eigenvalue weighted by molar-refractivity contribution is 7.26. The fourth-order valence-corrected chi connectivity index (χ4v) is 9.57. The van der Waals surface area contributed by atoms with Crippen LogP contribution >= 0.6 is 11.3 Å². The summed E-state index contributed by atoms with van der Waals surface area (Å²) in [4.78, 5) is 2.46. The van der Waals surface area contributed by atoms with Gasteiger partial charge in [-0.15, -0.1) is 11.3 Å². The van der Waals surface area contributed by atoms with Crippen molar-refractivity contribution in [3.8, 4) is 33.4 Å². The molecule has 11 aromatic rings. The first-order valence-electron chi connectivity index (χ1n) is 18.7. The van der Waals surface area contributed by atoms with Crippen LogP contribution in [-0.4, -0.2) is 0 Å². The molecule has 0 aliphatic carbocycles. The quantitative estimate of drug-likeness (QED) is 0.170. The zero-order valence-electron chi connectivity index (χ0n) is 29.8. The maximum absolute atomic E-state index is 6.27. The summed E-state index contributed by atoms with van der Waals surface area (Å²) in [6, 6.07) is 72.2. The Kier molecular flexibility index (Phi) is 7.39. The molecular formula is C52H33NOS. The number of para-hydroxylation sites is 1. The predicted molar refractivity (Wildman–Crippen MR) is 235 cm³/mol. The highest BCUT2D eigenvalue weighted by Crippen LogP contribution is 2.50. The van der Waals surface area contributed by atoms with Gasteiger partial charge in [-0.2, -0.15) is 0 Å². The van der Waals surface area contributed by atoms with E-state index in [0.29, 0.717) is 0 Å². The molecule has 11 rings (SSSR count). The van der Waals surface area contributed by atoms with Crippen LogP contribution in [-0.2, 0) is 0 Å². The molecule has 0 fully saturated rings. The second kappa shape index (κ2) is 12.9. The summed E-state index contributed by atoms with van der Waals surface area (Å²) in [6.07, 6.45) is 0. The van der Waals surface area contributed by atoms with Crippen LogP contribution in [0.15, 0.2) is 205 Å². The van der Waals surface area contributed by atoms with E-state index in [2.05, 4.69) is 193 Å². The van der Waals surface area contributed by atoms with Gasteiger partial charge >= 0.3 is 0 Å². The molecule has 2 nitrogen and oxygen atoms in total. The molecule has 0 atom stereocenters. The molecule has 258 valence electrons. The molecule has 0 N–H and O–H groups in total. The van der Waals surface area contributed by atoms with Gasteiger partial charge in [0.2, 0.25) is 0 Å². The summed E-state index contributed by atoms with van der Waals surface area (Å²) in [6.45, 7) is 0. The lowest BCUT2D eigenvalue weighted by molar-refractivity contribution is 0.669. The summed E-state index contributed by atoms with van der Waals surface area (Å²) >= 11 is 1.87. The van der Waals surface area contributed by atoms with Gasteiger partial charge in [0.1, 0.15) is 11.2 Å². The minimum Gasteiger partial charge on any atom is -0.456 e. The van der Waals surface area contributed by atoms with Crippen molar-refractivity contribution in [1.82, 2.24) is 0 Å². The first kappa shape index (κ1) is 31.6. The van der Waals surface area contributed by atoms with E-state index in [9.17, 15) is 0 Å². The standard InChI is InChI=1S/C52H33NOS/c1-2-12-35(13-3-1)43-32-33-45-44-17-7-9-23-49(44)55-52(45)51(43)53(38-28-24-36(25-29-38)41-19-10-15-34-14-4-5-16-40(34)41)39-30-26-37(27-31-39)42-20-11-22-48-50(42)46-18-6-8-21-47(46)54-48/h1-33H. The van der Waals surface area contributed by atoms with Crippen molar-refractivity contribution in [1.29, 1.82) is 0 Å². The minimum atomic E-state index is 0.902. The van der Waals surface area contributed by atoms with E-state index < -0.39 is 0 Å². The van der Waals surface area contributed by atoms with Crippen molar-refractivity contribution in [2.75, 3.05) is 4.90 Å². The smallest absolute Gasteiger partial charge is 0.136 e. The van der Waals surface area contributed by atoms with Crippen LogP contribution in [0.25, 0.3) is 86.3 Å². The first-order chi connectivity index (χ1) is 27.3. The van der Waals surface area contributed by atoms with Gasteiger partial charge < -0.3 is 9.32 Å². The largest absolute Gasteiger partial charge is 0.456 e. The average Bonchev–Trinajstić information content (AvgIpc) is 3.83. The number of hydrogen-bond donors (Lipinski definition) is 0. The zero-order chi connectivity index (χ0) is 36.3. The SMILES string of the molecule is c1ccc(-c2ccc3c(sc4ccccc43)c2N(c2ccc(-c3cccc4ccccc34)cc2)c2ccc(-c3cccc4oc5ccccc5c34)cc2)cc1. The number of benzene rings is 9. The molecule has 0 saturated heterocycles. The Morgan fingerprint density at radius 1 is 0.364 bits per heavy atom. The molecule has 0 aliphatic heterocycles. The van der Waals surface area contributed by atoms with Gasteiger partial charge in [0.05, 0.1) is 10.4 Å².